The summed E-state index contributed by atoms with van der Waals surface area (Å²) in [4.78, 5) is 17.4. The first-order chi connectivity index (χ1) is 16.8. The Morgan fingerprint density at radius 3 is 2.60 bits per heavy atom. The Kier molecular flexibility index (Phi) is 8.09. The monoisotopic (exact) mass is 484 g/mol. The summed E-state index contributed by atoms with van der Waals surface area (Å²) < 4.78 is 32.1. The van der Waals surface area contributed by atoms with Crippen LogP contribution < -0.4 is 4.74 Å². The van der Waals surface area contributed by atoms with Gasteiger partial charge in [0, 0.05) is 51.0 Å². The molecule has 2 aliphatic heterocycles. The zero-order valence-electron chi connectivity index (χ0n) is 21.3. The minimum Gasteiger partial charge on any atom is -0.491 e. The highest BCUT2D eigenvalue weighted by molar-refractivity contribution is 5.94. The van der Waals surface area contributed by atoms with E-state index in [0.717, 1.165) is 24.2 Å². The zero-order chi connectivity index (χ0) is 25.0. The fourth-order valence-corrected chi connectivity index (χ4v) is 5.19. The van der Waals surface area contributed by atoms with Crippen LogP contribution in [0, 0.1) is 12.7 Å². The first-order valence-corrected chi connectivity index (χ1v) is 12.5. The number of carbonyl (C=O) groups excluding carboxylic acids is 1. The number of piperidine rings is 1. The number of carbonyl (C=O) groups is 1. The number of rotatable bonds is 7. The standard InChI is InChI=1S/C28H37FN2O4/c1-20(2)34-26-10-9-22(15-21(26)3)27(32)31-13-11-28(12-14-31)19-30(17-24(35-28)18-33-4)16-23-7-5-6-8-25(23)29/h5-10,15,20,24H,11-14,16-19H2,1-4H3. The average Bonchev–Trinajstić information content (AvgIpc) is 2.82. The molecule has 190 valence electrons. The molecule has 1 unspecified atom stereocenters. The Hall–Kier alpha value is -2.48. The van der Waals surface area contributed by atoms with Crippen LogP contribution in [0.2, 0.25) is 0 Å². The Morgan fingerprint density at radius 1 is 1.20 bits per heavy atom. The highest BCUT2D eigenvalue weighted by atomic mass is 19.1. The van der Waals surface area contributed by atoms with Crippen molar-refractivity contribution < 1.29 is 23.4 Å². The van der Waals surface area contributed by atoms with Crippen LogP contribution in [0.5, 0.6) is 5.75 Å². The maximum atomic E-state index is 14.3. The number of halogens is 1. The molecule has 6 nitrogen and oxygen atoms in total. The van der Waals surface area contributed by atoms with Crippen LogP contribution in [0.1, 0.15) is 48.2 Å². The molecule has 0 bridgehead atoms. The van der Waals surface area contributed by atoms with Crippen molar-refractivity contribution in [2.45, 2.75) is 58.0 Å². The lowest BCUT2D eigenvalue weighted by molar-refractivity contribution is -0.187. The molecule has 1 atom stereocenters. The highest BCUT2D eigenvalue weighted by Crippen LogP contribution is 2.34. The van der Waals surface area contributed by atoms with Gasteiger partial charge in [-0.1, -0.05) is 18.2 Å². The number of benzene rings is 2. The minimum absolute atomic E-state index is 0.0338. The van der Waals surface area contributed by atoms with E-state index in [2.05, 4.69) is 4.90 Å². The van der Waals surface area contributed by atoms with Gasteiger partial charge < -0.3 is 19.1 Å². The lowest BCUT2D eigenvalue weighted by atomic mass is 9.88. The number of methoxy groups -OCH3 is 1. The van der Waals surface area contributed by atoms with Crippen molar-refractivity contribution in [2.75, 3.05) is 39.9 Å². The fraction of sp³-hybridized carbons (Fsp3) is 0.536. The smallest absolute Gasteiger partial charge is 0.253 e. The predicted molar refractivity (Wildman–Crippen MR) is 133 cm³/mol. The molecule has 35 heavy (non-hydrogen) atoms. The quantitative estimate of drug-likeness (QED) is 0.582. The van der Waals surface area contributed by atoms with Crippen molar-refractivity contribution in [3.05, 3.63) is 65.0 Å². The Balaban J connectivity index is 1.42. The summed E-state index contributed by atoms with van der Waals surface area (Å²) in [5.74, 6) is 0.659. The number of morpholine rings is 1. The first kappa shape index (κ1) is 25.6. The zero-order valence-corrected chi connectivity index (χ0v) is 21.3. The van der Waals surface area contributed by atoms with Crippen molar-refractivity contribution >= 4 is 5.91 Å². The van der Waals surface area contributed by atoms with Crippen LogP contribution in [0.25, 0.3) is 0 Å². The summed E-state index contributed by atoms with van der Waals surface area (Å²) in [5, 5.41) is 0. The fourth-order valence-electron chi connectivity index (χ4n) is 5.19. The van der Waals surface area contributed by atoms with Crippen molar-refractivity contribution in [3.63, 3.8) is 0 Å². The first-order valence-electron chi connectivity index (χ1n) is 12.5. The van der Waals surface area contributed by atoms with Crippen LogP contribution in [0.15, 0.2) is 42.5 Å². The number of likely N-dealkylation sites (tertiary alicyclic amines) is 1. The van der Waals surface area contributed by atoms with E-state index in [-0.39, 0.29) is 29.5 Å². The molecular weight excluding hydrogens is 447 g/mol. The number of aryl methyl sites for hydroxylation is 1. The van der Waals surface area contributed by atoms with Gasteiger partial charge in [-0.15, -0.1) is 0 Å². The van der Waals surface area contributed by atoms with E-state index in [0.29, 0.717) is 50.5 Å². The largest absolute Gasteiger partial charge is 0.491 e. The van der Waals surface area contributed by atoms with E-state index in [9.17, 15) is 9.18 Å². The van der Waals surface area contributed by atoms with Gasteiger partial charge in [0.2, 0.25) is 0 Å². The van der Waals surface area contributed by atoms with E-state index in [1.165, 1.54) is 6.07 Å². The molecule has 2 aliphatic rings. The lowest BCUT2D eigenvalue weighted by Crippen LogP contribution is -2.60. The third-order valence-corrected chi connectivity index (χ3v) is 6.84. The minimum atomic E-state index is -0.367. The SMILES string of the molecule is COCC1CN(Cc2ccccc2F)CC2(CCN(C(=O)c3ccc(OC(C)C)c(C)c3)CC2)O1. The van der Waals surface area contributed by atoms with Gasteiger partial charge in [-0.05, 0) is 63.4 Å². The average molecular weight is 485 g/mol. The summed E-state index contributed by atoms with van der Waals surface area (Å²) in [6.45, 7) is 9.61. The Morgan fingerprint density at radius 2 is 1.94 bits per heavy atom. The van der Waals surface area contributed by atoms with Crippen LogP contribution >= 0.6 is 0 Å². The molecule has 0 N–H and O–H groups in total. The second-order valence-corrected chi connectivity index (χ2v) is 10.1. The topological polar surface area (TPSA) is 51.2 Å². The van der Waals surface area contributed by atoms with Gasteiger partial charge in [-0.25, -0.2) is 4.39 Å². The van der Waals surface area contributed by atoms with E-state index >= 15 is 0 Å². The predicted octanol–water partition coefficient (Wildman–Crippen LogP) is 4.44. The van der Waals surface area contributed by atoms with Crippen molar-refractivity contribution in [1.82, 2.24) is 9.80 Å². The summed E-state index contributed by atoms with van der Waals surface area (Å²) in [5.41, 5.74) is 1.96. The number of amides is 1. The van der Waals surface area contributed by atoms with Crippen molar-refractivity contribution in [1.29, 1.82) is 0 Å². The second-order valence-electron chi connectivity index (χ2n) is 10.1. The van der Waals surface area contributed by atoms with Gasteiger partial charge >= 0.3 is 0 Å². The van der Waals surface area contributed by atoms with Crippen LogP contribution in [-0.4, -0.2) is 73.4 Å². The molecule has 2 heterocycles. The van der Waals surface area contributed by atoms with Gasteiger partial charge in [0.1, 0.15) is 11.6 Å². The third-order valence-electron chi connectivity index (χ3n) is 6.84. The molecule has 2 aromatic rings. The van der Waals surface area contributed by atoms with Crippen LogP contribution in [0.4, 0.5) is 4.39 Å². The van der Waals surface area contributed by atoms with Gasteiger partial charge in [-0.2, -0.15) is 0 Å². The molecule has 0 radical (unpaired) electrons. The molecule has 2 fully saturated rings. The van der Waals surface area contributed by atoms with Crippen LogP contribution in [-0.2, 0) is 16.0 Å². The number of hydrogen-bond acceptors (Lipinski definition) is 5. The molecule has 0 saturated carbocycles. The Labute approximate surface area is 208 Å². The van der Waals surface area contributed by atoms with Crippen LogP contribution in [0.3, 0.4) is 0 Å². The summed E-state index contributed by atoms with van der Waals surface area (Å²) in [6, 6.07) is 12.6. The second kappa shape index (κ2) is 11.1. The molecule has 4 rings (SSSR count). The van der Waals surface area contributed by atoms with Gasteiger partial charge in [0.15, 0.2) is 0 Å². The van der Waals surface area contributed by atoms with Crippen molar-refractivity contribution in [2.24, 2.45) is 0 Å². The van der Waals surface area contributed by atoms with E-state index in [1.807, 2.05) is 56.0 Å². The molecular formula is C28H37FN2O4. The summed E-state index contributed by atoms with van der Waals surface area (Å²) in [6.07, 6.45) is 1.48. The Bertz CT molecular complexity index is 1020. The molecule has 0 aromatic heterocycles. The number of ether oxygens (including phenoxy) is 3. The van der Waals surface area contributed by atoms with E-state index < -0.39 is 0 Å². The number of nitrogens with zero attached hydrogens (tertiary/aromatic N) is 2. The maximum absolute atomic E-state index is 14.3. The highest BCUT2D eigenvalue weighted by Gasteiger charge is 2.43. The van der Waals surface area contributed by atoms with E-state index in [1.54, 1.807) is 13.2 Å². The lowest BCUT2D eigenvalue weighted by Gasteiger charge is -2.50. The molecule has 0 aliphatic carbocycles. The summed E-state index contributed by atoms with van der Waals surface area (Å²) >= 11 is 0. The normalized spacial score (nSPS) is 20.4. The molecule has 1 spiro atoms. The molecule has 2 saturated heterocycles. The van der Waals surface area contributed by atoms with Crippen molar-refractivity contribution in [3.8, 4) is 5.75 Å². The third kappa shape index (κ3) is 6.21. The summed E-state index contributed by atoms with van der Waals surface area (Å²) in [7, 11) is 1.67. The maximum Gasteiger partial charge on any atom is 0.253 e. The van der Waals surface area contributed by atoms with Gasteiger partial charge in [0.25, 0.3) is 5.91 Å². The molecule has 1 amide bonds. The molecule has 7 heteroatoms. The van der Waals surface area contributed by atoms with E-state index in [4.69, 9.17) is 14.2 Å². The van der Waals surface area contributed by atoms with Gasteiger partial charge in [0.05, 0.1) is 24.4 Å². The van der Waals surface area contributed by atoms with Gasteiger partial charge in [-0.3, -0.25) is 9.69 Å². The molecule has 2 aromatic carbocycles. The number of hydrogen-bond donors (Lipinski definition) is 0.